The van der Waals surface area contributed by atoms with Gasteiger partial charge >= 0.3 is 0 Å². The largest absolute Gasteiger partial charge is 0.496 e. The van der Waals surface area contributed by atoms with Gasteiger partial charge in [-0.1, -0.05) is 0 Å². The number of imidazole rings is 1. The van der Waals surface area contributed by atoms with Crippen molar-refractivity contribution in [3.8, 4) is 17.0 Å². The lowest BCUT2D eigenvalue weighted by Crippen LogP contribution is -2.09. The quantitative estimate of drug-likeness (QED) is 0.792. The highest BCUT2D eigenvalue weighted by Gasteiger charge is 2.12. The third-order valence-electron chi connectivity index (χ3n) is 3.02. The van der Waals surface area contributed by atoms with Gasteiger partial charge in [-0.25, -0.2) is 17.9 Å². The molecular formula is C14H14N4O3S. The fourth-order valence-corrected chi connectivity index (χ4v) is 2.70. The molecule has 0 fully saturated rings. The van der Waals surface area contributed by atoms with Crippen molar-refractivity contribution in [3.63, 3.8) is 0 Å². The molecule has 0 aliphatic heterocycles. The van der Waals surface area contributed by atoms with E-state index in [9.17, 15) is 8.42 Å². The monoisotopic (exact) mass is 318 g/mol. The molecule has 2 aromatic heterocycles. The second kappa shape index (κ2) is 5.30. The molecule has 22 heavy (non-hydrogen) atoms. The van der Waals surface area contributed by atoms with Gasteiger partial charge in [0.15, 0.2) is 5.65 Å². The second-order valence-corrected chi connectivity index (χ2v) is 6.49. The van der Waals surface area contributed by atoms with Crippen molar-refractivity contribution in [3.05, 3.63) is 42.7 Å². The Morgan fingerprint density at radius 2 is 2.09 bits per heavy atom. The van der Waals surface area contributed by atoms with Gasteiger partial charge in [0.05, 0.1) is 30.9 Å². The Morgan fingerprint density at radius 1 is 1.27 bits per heavy atom. The normalized spacial score (nSPS) is 11.5. The minimum Gasteiger partial charge on any atom is -0.496 e. The molecular weight excluding hydrogens is 304 g/mol. The molecule has 0 atom stereocenters. The second-order valence-electron chi connectivity index (χ2n) is 4.74. The summed E-state index contributed by atoms with van der Waals surface area (Å²) in [5, 5.41) is 4.17. The highest BCUT2D eigenvalue weighted by Crippen LogP contribution is 2.32. The van der Waals surface area contributed by atoms with Crippen LogP contribution in [0.4, 0.5) is 5.69 Å². The lowest BCUT2D eigenvalue weighted by Gasteiger charge is -2.09. The number of aromatic nitrogens is 3. The number of sulfonamides is 1. The van der Waals surface area contributed by atoms with Crippen molar-refractivity contribution < 1.29 is 13.2 Å². The summed E-state index contributed by atoms with van der Waals surface area (Å²) in [6.45, 7) is 0. The summed E-state index contributed by atoms with van der Waals surface area (Å²) >= 11 is 0. The molecule has 3 aromatic rings. The Morgan fingerprint density at radius 3 is 2.77 bits per heavy atom. The van der Waals surface area contributed by atoms with Crippen LogP contribution in [-0.2, 0) is 10.0 Å². The Hall–Kier alpha value is -2.61. The molecule has 0 aliphatic carbocycles. The average molecular weight is 318 g/mol. The molecule has 0 aliphatic rings. The van der Waals surface area contributed by atoms with Crippen molar-refractivity contribution in [1.82, 2.24) is 14.6 Å². The first-order valence-corrected chi connectivity index (χ1v) is 8.32. The van der Waals surface area contributed by atoms with Crippen LogP contribution in [0.5, 0.6) is 5.75 Å². The van der Waals surface area contributed by atoms with Crippen LogP contribution in [0.25, 0.3) is 16.9 Å². The van der Waals surface area contributed by atoms with Crippen molar-refractivity contribution in [2.45, 2.75) is 0 Å². The van der Waals surface area contributed by atoms with E-state index in [0.717, 1.165) is 17.5 Å². The zero-order valence-electron chi connectivity index (χ0n) is 12.0. The molecule has 0 spiro atoms. The van der Waals surface area contributed by atoms with E-state index in [1.54, 1.807) is 35.1 Å². The van der Waals surface area contributed by atoms with Gasteiger partial charge in [-0.05, 0) is 24.3 Å². The summed E-state index contributed by atoms with van der Waals surface area (Å²) in [4.78, 5) is 4.48. The molecule has 114 valence electrons. The zero-order valence-corrected chi connectivity index (χ0v) is 12.8. The molecule has 0 amide bonds. The first kappa shape index (κ1) is 14.3. The fraction of sp³-hybridized carbons (Fsp3) is 0.143. The Kier molecular flexibility index (Phi) is 3.45. The number of ether oxygens (including phenoxy) is 1. The fourth-order valence-electron chi connectivity index (χ4n) is 2.14. The smallest absolute Gasteiger partial charge is 0.229 e. The number of hydrogen-bond donors (Lipinski definition) is 1. The van der Waals surface area contributed by atoms with Gasteiger partial charge < -0.3 is 4.74 Å². The van der Waals surface area contributed by atoms with Crippen LogP contribution in [0.1, 0.15) is 0 Å². The lowest BCUT2D eigenvalue weighted by atomic mass is 10.1. The van der Waals surface area contributed by atoms with Crippen LogP contribution >= 0.6 is 0 Å². The van der Waals surface area contributed by atoms with Gasteiger partial charge in [-0.2, -0.15) is 5.10 Å². The standard InChI is InChI=1S/C14H14N4O3S/c1-21-13-8-10(17-22(2,19)20)5-6-11(13)12-9-18-14(16-12)4-3-7-15-18/h3-9,17H,1-2H3. The number of anilines is 1. The molecule has 0 saturated carbocycles. The number of rotatable bonds is 4. The van der Waals surface area contributed by atoms with E-state index in [1.165, 1.54) is 7.11 Å². The maximum atomic E-state index is 11.3. The summed E-state index contributed by atoms with van der Waals surface area (Å²) in [5.41, 5.74) is 2.61. The van der Waals surface area contributed by atoms with Crippen LogP contribution in [0, 0.1) is 0 Å². The summed E-state index contributed by atoms with van der Waals surface area (Å²) in [6.07, 6.45) is 4.56. The number of hydrogen-bond acceptors (Lipinski definition) is 5. The molecule has 2 heterocycles. The first-order valence-electron chi connectivity index (χ1n) is 6.43. The van der Waals surface area contributed by atoms with Gasteiger partial charge in [-0.3, -0.25) is 4.72 Å². The highest BCUT2D eigenvalue weighted by molar-refractivity contribution is 7.92. The third-order valence-corrected chi connectivity index (χ3v) is 3.62. The van der Waals surface area contributed by atoms with Crippen molar-refractivity contribution in [1.29, 1.82) is 0 Å². The predicted octanol–water partition coefficient (Wildman–Crippen LogP) is 1.78. The van der Waals surface area contributed by atoms with Gasteiger partial charge in [-0.15, -0.1) is 0 Å². The number of methoxy groups -OCH3 is 1. The van der Waals surface area contributed by atoms with Gasteiger partial charge in [0.1, 0.15) is 5.75 Å². The number of nitrogens with zero attached hydrogens (tertiary/aromatic N) is 3. The number of nitrogens with one attached hydrogen (secondary N) is 1. The van der Waals surface area contributed by atoms with Gasteiger partial charge in [0.2, 0.25) is 10.0 Å². The maximum absolute atomic E-state index is 11.3. The molecule has 7 nitrogen and oxygen atoms in total. The van der Waals surface area contributed by atoms with Crippen LogP contribution in [0.3, 0.4) is 0 Å². The molecule has 0 saturated heterocycles. The summed E-state index contributed by atoms with van der Waals surface area (Å²) in [6, 6.07) is 8.70. The van der Waals surface area contributed by atoms with Crippen LogP contribution in [0.2, 0.25) is 0 Å². The van der Waals surface area contributed by atoms with Gasteiger partial charge in [0.25, 0.3) is 0 Å². The zero-order chi connectivity index (χ0) is 15.7. The van der Waals surface area contributed by atoms with E-state index in [4.69, 9.17) is 4.74 Å². The molecule has 3 rings (SSSR count). The van der Waals surface area contributed by atoms with E-state index in [2.05, 4.69) is 14.8 Å². The molecule has 0 radical (unpaired) electrons. The summed E-state index contributed by atoms with van der Waals surface area (Å²) in [7, 11) is -1.81. The van der Waals surface area contributed by atoms with E-state index in [1.807, 2.05) is 12.1 Å². The topological polar surface area (TPSA) is 85.6 Å². The SMILES string of the molecule is COc1cc(NS(C)(=O)=O)ccc1-c1cn2ncccc2n1. The van der Waals surface area contributed by atoms with Crippen molar-refractivity contribution in [2.75, 3.05) is 18.1 Å². The Labute approximate surface area is 127 Å². The van der Waals surface area contributed by atoms with Crippen molar-refractivity contribution >= 4 is 21.4 Å². The van der Waals surface area contributed by atoms with Crippen molar-refractivity contribution in [2.24, 2.45) is 0 Å². The minimum absolute atomic E-state index is 0.435. The number of fused-ring (bicyclic) bond motifs is 1. The van der Waals surface area contributed by atoms with E-state index < -0.39 is 10.0 Å². The average Bonchev–Trinajstić information content (AvgIpc) is 2.89. The molecule has 1 aromatic carbocycles. The predicted molar refractivity (Wildman–Crippen MR) is 83.4 cm³/mol. The van der Waals surface area contributed by atoms with Crippen LogP contribution < -0.4 is 9.46 Å². The molecule has 8 heteroatoms. The van der Waals surface area contributed by atoms with Gasteiger partial charge in [0, 0.05) is 17.8 Å². The minimum atomic E-state index is -3.34. The van der Waals surface area contributed by atoms with E-state index in [-0.39, 0.29) is 0 Å². The molecule has 0 bridgehead atoms. The Bertz CT molecular complexity index is 901. The van der Waals surface area contributed by atoms with Crippen LogP contribution in [0.15, 0.2) is 42.7 Å². The van der Waals surface area contributed by atoms with E-state index in [0.29, 0.717) is 17.1 Å². The molecule has 1 N–H and O–H groups in total. The summed E-state index contributed by atoms with van der Waals surface area (Å²) < 4.78 is 32.0. The highest BCUT2D eigenvalue weighted by atomic mass is 32.2. The van der Waals surface area contributed by atoms with Crippen LogP contribution in [-0.4, -0.2) is 36.4 Å². The lowest BCUT2D eigenvalue weighted by molar-refractivity contribution is 0.416. The third kappa shape index (κ3) is 2.86. The number of benzene rings is 1. The maximum Gasteiger partial charge on any atom is 0.229 e. The Balaban J connectivity index is 2.06. The summed E-state index contributed by atoms with van der Waals surface area (Å²) in [5.74, 6) is 0.525. The molecule has 0 unspecified atom stereocenters. The van der Waals surface area contributed by atoms with E-state index >= 15 is 0 Å². The first-order chi connectivity index (χ1) is 10.5.